The number of carbonyl (C=O) groups is 2. The molecule has 18 heavy (non-hydrogen) atoms. The summed E-state index contributed by atoms with van der Waals surface area (Å²) in [6.07, 6.45) is 0. The van der Waals surface area contributed by atoms with Gasteiger partial charge in [0.25, 0.3) is 5.91 Å². The lowest BCUT2D eigenvalue weighted by atomic mass is 10.4. The normalized spacial score (nSPS) is 10.2. The second-order valence-corrected chi connectivity index (χ2v) is 4.17. The molecule has 0 atom stereocenters. The molecule has 0 aliphatic carbocycles. The van der Waals surface area contributed by atoms with Gasteiger partial charge in [-0.2, -0.15) is 0 Å². The molecule has 0 aliphatic heterocycles. The molecule has 0 radical (unpaired) electrons. The van der Waals surface area contributed by atoms with Crippen LogP contribution in [-0.4, -0.2) is 27.2 Å². The lowest BCUT2D eigenvalue weighted by Crippen LogP contribution is -2.13. The fraction of sp³-hybridized carbons (Fsp3) is 0. The van der Waals surface area contributed by atoms with Crippen LogP contribution in [0.3, 0.4) is 0 Å². The van der Waals surface area contributed by atoms with Gasteiger partial charge in [0.05, 0.1) is 0 Å². The summed E-state index contributed by atoms with van der Waals surface area (Å²) < 4.78 is 5.03. The number of nitrogens with zero attached hydrogens (tertiary/aromatic N) is 2. The number of aromatic carboxylic acids is 1. The Hall–Kier alpha value is -2.35. The minimum atomic E-state index is -1.14. The van der Waals surface area contributed by atoms with E-state index in [0.717, 1.165) is 11.8 Å². The van der Waals surface area contributed by atoms with Crippen LogP contribution in [0.2, 0.25) is 0 Å². The van der Waals surface area contributed by atoms with E-state index in [2.05, 4.69) is 10.2 Å². The van der Waals surface area contributed by atoms with Gasteiger partial charge in [0.15, 0.2) is 10.8 Å². The predicted molar refractivity (Wildman–Crippen MR) is 60.3 cm³/mol. The summed E-state index contributed by atoms with van der Waals surface area (Å²) in [5.41, 5.74) is 5.08. The molecule has 0 saturated heterocycles. The van der Waals surface area contributed by atoms with Crippen molar-refractivity contribution in [2.24, 2.45) is 5.73 Å². The van der Waals surface area contributed by atoms with E-state index in [-0.39, 0.29) is 11.5 Å². The molecule has 8 heteroatoms. The van der Waals surface area contributed by atoms with Crippen LogP contribution >= 0.6 is 11.8 Å². The predicted octanol–water partition coefficient (Wildman–Crippen LogP) is 1.02. The van der Waals surface area contributed by atoms with Crippen LogP contribution in [0, 0.1) is 0 Å². The van der Waals surface area contributed by atoms with Crippen molar-refractivity contribution < 1.29 is 19.1 Å². The first kappa shape index (κ1) is 12.1. The van der Waals surface area contributed by atoms with Gasteiger partial charge in [-0.1, -0.05) is 0 Å². The topological polar surface area (TPSA) is 119 Å². The third kappa shape index (κ3) is 2.66. The highest BCUT2D eigenvalue weighted by Gasteiger charge is 2.11. The Morgan fingerprint density at radius 3 is 2.50 bits per heavy atom. The number of amides is 1. The molecule has 0 spiro atoms. The maximum absolute atomic E-state index is 10.8. The Balaban J connectivity index is 2.13. The van der Waals surface area contributed by atoms with E-state index in [4.69, 9.17) is 15.3 Å². The molecule has 0 bridgehead atoms. The lowest BCUT2D eigenvalue weighted by Gasteiger charge is -1.97. The quantitative estimate of drug-likeness (QED) is 0.846. The minimum absolute atomic E-state index is 0.0602. The standard InChI is InChI=1S/C10H7N3O4S/c11-9(14)5-1-3-7(13-12-5)18-8-4-2-6(17-8)10(15)16/h1-4H,(H2,11,14)(H,15,16). The van der Waals surface area contributed by atoms with Gasteiger partial charge in [-0.25, -0.2) is 4.79 Å². The van der Waals surface area contributed by atoms with Gasteiger partial charge in [0, 0.05) is 0 Å². The highest BCUT2D eigenvalue weighted by molar-refractivity contribution is 7.99. The molecule has 2 aromatic heterocycles. The number of carbonyl (C=O) groups excluding carboxylic acids is 1. The maximum atomic E-state index is 10.8. The van der Waals surface area contributed by atoms with E-state index >= 15 is 0 Å². The largest absolute Gasteiger partial charge is 0.475 e. The van der Waals surface area contributed by atoms with Gasteiger partial charge in [-0.15, -0.1) is 10.2 Å². The van der Waals surface area contributed by atoms with E-state index in [0.29, 0.717) is 10.1 Å². The lowest BCUT2D eigenvalue weighted by molar-refractivity contribution is 0.0656. The molecular weight excluding hydrogens is 258 g/mol. The molecule has 0 aromatic carbocycles. The molecular formula is C10H7N3O4S. The van der Waals surface area contributed by atoms with Crippen molar-refractivity contribution in [3.63, 3.8) is 0 Å². The fourth-order valence-corrected chi connectivity index (χ4v) is 1.79. The molecule has 2 heterocycles. The Morgan fingerprint density at radius 1 is 1.22 bits per heavy atom. The van der Waals surface area contributed by atoms with Crippen molar-refractivity contribution in [3.8, 4) is 0 Å². The molecule has 1 amide bonds. The molecule has 0 aliphatic rings. The monoisotopic (exact) mass is 265 g/mol. The smallest absolute Gasteiger partial charge is 0.371 e. The molecule has 3 N–H and O–H groups in total. The number of carboxylic acids is 1. The first-order chi connectivity index (χ1) is 8.56. The Morgan fingerprint density at radius 2 is 2.00 bits per heavy atom. The third-order valence-electron chi connectivity index (χ3n) is 1.89. The second-order valence-electron chi connectivity index (χ2n) is 3.15. The first-order valence-corrected chi connectivity index (χ1v) is 5.52. The first-order valence-electron chi connectivity index (χ1n) is 4.71. The van der Waals surface area contributed by atoms with E-state index in [1.165, 1.54) is 18.2 Å². The van der Waals surface area contributed by atoms with Crippen LogP contribution in [0.5, 0.6) is 0 Å². The highest BCUT2D eigenvalue weighted by atomic mass is 32.2. The van der Waals surface area contributed by atoms with E-state index in [1.807, 2.05) is 0 Å². The van der Waals surface area contributed by atoms with E-state index in [1.54, 1.807) is 6.07 Å². The average Bonchev–Trinajstić information content (AvgIpc) is 2.78. The van der Waals surface area contributed by atoms with Crippen molar-refractivity contribution in [1.29, 1.82) is 0 Å². The van der Waals surface area contributed by atoms with Gasteiger partial charge in [-0.3, -0.25) is 4.79 Å². The third-order valence-corrected chi connectivity index (χ3v) is 2.74. The zero-order valence-corrected chi connectivity index (χ0v) is 9.68. The van der Waals surface area contributed by atoms with Gasteiger partial charge >= 0.3 is 5.97 Å². The summed E-state index contributed by atoms with van der Waals surface area (Å²) in [6, 6.07) is 5.83. The maximum Gasteiger partial charge on any atom is 0.371 e. The number of nitrogens with two attached hydrogens (primary N) is 1. The summed E-state index contributed by atoms with van der Waals surface area (Å²) in [5.74, 6) is -1.96. The second kappa shape index (κ2) is 4.88. The number of hydrogen-bond donors (Lipinski definition) is 2. The Bertz CT molecular complexity index is 593. The highest BCUT2D eigenvalue weighted by Crippen LogP contribution is 2.27. The van der Waals surface area contributed by atoms with Crippen LogP contribution in [0.15, 0.2) is 38.8 Å². The van der Waals surface area contributed by atoms with E-state index < -0.39 is 11.9 Å². The summed E-state index contributed by atoms with van der Waals surface area (Å²) in [5, 5.41) is 16.9. The summed E-state index contributed by atoms with van der Waals surface area (Å²) in [4.78, 5) is 21.4. The van der Waals surface area contributed by atoms with Crippen LogP contribution in [0.1, 0.15) is 21.0 Å². The van der Waals surface area contributed by atoms with Crippen molar-refractivity contribution in [2.45, 2.75) is 10.1 Å². The Labute approximate surface area is 105 Å². The molecule has 0 saturated carbocycles. The number of rotatable bonds is 4. The number of carboxylic acid groups (broad SMARTS) is 1. The number of furan rings is 1. The number of aromatic nitrogens is 2. The van der Waals surface area contributed by atoms with Crippen LogP contribution in [0.25, 0.3) is 0 Å². The van der Waals surface area contributed by atoms with Crippen molar-refractivity contribution in [2.75, 3.05) is 0 Å². The molecule has 0 fully saturated rings. The van der Waals surface area contributed by atoms with Crippen LogP contribution in [0.4, 0.5) is 0 Å². The summed E-state index contributed by atoms with van der Waals surface area (Å²) >= 11 is 1.09. The fourth-order valence-electron chi connectivity index (χ4n) is 1.10. The Kier molecular flexibility index (Phi) is 3.28. The summed E-state index contributed by atoms with van der Waals surface area (Å²) in [7, 11) is 0. The van der Waals surface area contributed by atoms with Crippen molar-refractivity contribution in [3.05, 3.63) is 35.7 Å². The molecule has 92 valence electrons. The van der Waals surface area contributed by atoms with E-state index in [9.17, 15) is 9.59 Å². The minimum Gasteiger partial charge on any atom is -0.475 e. The van der Waals surface area contributed by atoms with Gasteiger partial charge in [0.1, 0.15) is 5.03 Å². The summed E-state index contributed by atoms with van der Waals surface area (Å²) in [6.45, 7) is 0. The molecule has 7 nitrogen and oxygen atoms in total. The zero-order valence-electron chi connectivity index (χ0n) is 8.86. The van der Waals surface area contributed by atoms with Crippen molar-refractivity contribution in [1.82, 2.24) is 10.2 Å². The van der Waals surface area contributed by atoms with Crippen LogP contribution < -0.4 is 5.73 Å². The average molecular weight is 265 g/mol. The van der Waals surface area contributed by atoms with Crippen molar-refractivity contribution >= 4 is 23.6 Å². The van der Waals surface area contributed by atoms with Gasteiger partial charge in [0.2, 0.25) is 5.76 Å². The number of primary amides is 1. The van der Waals surface area contributed by atoms with Crippen LogP contribution in [-0.2, 0) is 0 Å². The number of hydrogen-bond acceptors (Lipinski definition) is 6. The van der Waals surface area contributed by atoms with Gasteiger partial charge in [-0.05, 0) is 36.0 Å². The zero-order chi connectivity index (χ0) is 13.1. The molecule has 2 rings (SSSR count). The molecule has 0 unspecified atom stereocenters. The SMILES string of the molecule is NC(=O)c1ccc(Sc2ccc(C(=O)O)o2)nn1. The van der Waals surface area contributed by atoms with Gasteiger partial charge < -0.3 is 15.3 Å². The molecule has 2 aromatic rings.